The van der Waals surface area contributed by atoms with Crippen molar-refractivity contribution in [1.29, 1.82) is 0 Å². The van der Waals surface area contributed by atoms with Gasteiger partial charge in [-0.05, 0) is 31.4 Å². The van der Waals surface area contributed by atoms with Crippen molar-refractivity contribution in [3.63, 3.8) is 0 Å². The minimum absolute atomic E-state index is 0.191. The molecular formula is C17H23N3O3S2. The van der Waals surface area contributed by atoms with Crippen molar-refractivity contribution >= 4 is 32.4 Å². The highest BCUT2D eigenvalue weighted by molar-refractivity contribution is 7.89. The maximum absolute atomic E-state index is 12.9. The van der Waals surface area contributed by atoms with E-state index in [0.29, 0.717) is 24.0 Å². The van der Waals surface area contributed by atoms with Crippen molar-refractivity contribution in [3.8, 4) is 0 Å². The molecule has 2 rings (SSSR count). The lowest BCUT2D eigenvalue weighted by molar-refractivity contribution is -0.116. The molecule has 2 aromatic rings. The van der Waals surface area contributed by atoms with Gasteiger partial charge in [-0.2, -0.15) is 4.31 Å². The topological polar surface area (TPSA) is 79.4 Å². The minimum Gasteiger partial charge on any atom is -0.301 e. The fourth-order valence-electron chi connectivity index (χ4n) is 2.16. The highest BCUT2D eigenvalue weighted by Gasteiger charge is 2.26. The third-order valence-corrected chi connectivity index (χ3v) is 6.26. The maximum atomic E-state index is 12.9. The lowest BCUT2D eigenvalue weighted by atomic mass is 10.1. The number of aromatic nitrogens is 1. The Morgan fingerprint density at radius 1 is 1.28 bits per heavy atom. The summed E-state index contributed by atoms with van der Waals surface area (Å²) < 4.78 is 27.0. The number of benzene rings is 1. The summed E-state index contributed by atoms with van der Waals surface area (Å²) in [7, 11) is -3.72. The van der Waals surface area contributed by atoms with Crippen molar-refractivity contribution in [1.82, 2.24) is 9.29 Å². The average Bonchev–Trinajstić information content (AvgIpc) is 2.96. The molecule has 1 aromatic carbocycles. The van der Waals surface area contributed by atoms with Crippen LogP contribution in [0.1, 0.15) is 26.0 Å². The molecule has 1 N–H and O–H groups in total. The zero-order valence-electron chi connectivity index (χ0n) is 14.6. The van der Waals surface area contributed by atoms with Crippen LogP contribution in [-0.2, 0) is 14.8 Å². The molecule has 1 amide bonds. The third kappa shape index (κ3) is 5.62. The number of hydrogen-bond acceptors (Lipinski definition) is 5. The summed E-state index contributed by atoms with van der Waals surface area (Å²) >= 11 is 1.32. The molecule has 0 aliphatic carbocycles. The molecule has 0 aliphatic heterocycles. The maximum Gasteiger partial charge on any atom is 0.243 e. The van der Waals surface area contributed by atoms with Gasteiger partial charge in [-0.15, -0.1) is 11.3 Å². The molecule has 0 aliphatic rings. The van der Waals surface area contributed by atoms with Crippen LogP contribution in [0.15, 0.2) is 40.6 Å². The lowest BCUT2D eigenvalue weighted by Crippen LogP contribution is -2.39. The summed E-state index contributed by atoms with van der Waals surface area (Å²) in [6.45, 7) is 5.93. The van der Waals surface area contributed by atoms with Crippen LogP contribution >= 0.6 is 11.3 Å². The average molecular weight is 382 g/mol. The monoisotopic (exact) mass is 381 g/mol. The van der Waals surface area contributed by atoms with E-state index < -0.39 is 15.9 Å². The Bertz CT molecular complexity index is 802. The number of aryl methyl sites for hydroxylation is 1. The molecule has 0 atom stereocenters. The van der Waals surface area contributed by atoms with E-state index in [1.807, 2.05) is 26.2 Å². The highest BCUT2D eigenvalue weighted by Crippen LogP contribution is 2.18. The van der Waals surface area contributed by atoms with Crippen molar-refractivity contribution in [2.24, 2.45) is 5.92 Å². The largest absolute Gasteiger partial charge is 0.301 e. The highest BCUT2D eigenvalue weighted by atomic mass is 32.2. The van der Waals surface area contributed by atoms with Crippen LogP contribution in [0.4, 0.5) is 5.13 Å². The molecule has 136 valence electrons. The smallest absolute Gasteiger partial charge is 0.243 e. The number of carbonyl (C=O) groups excluding carboxylic acids is 1. The van der Waals surface area contributed by atoms with E-state index >= 15 is 0 Å². The molecule has 8 heteroatoms. The van der Waals surface area contributed by atoms with E-state index in [0.717, 1.165) is 5.69 Å². The fourth-order valence-corrected chi connectivity index (χ4v) is 4.29. The van der Waals surface area contributed by atoms with Gasteiger partial charge < -0.3 is 5.32 Å². The Morgan fingerprint density at radius 2 is 1.96 bits per heavy atom. The minimum atomic E-state index is -3.72. The number of thiazole rings is 1. The van der Waals surface area contributed by atoms with E-state index in [2.05, 4.69) is 10.3 Å². The normalized spacial score (nSPS) is 11.9. The van der Waals surface area contributed by atoms with Crippen LogP contribution in [0, 0.1) is 12.8 Å². The van der Waals surface area contributed by atoms with Gasteiger partial charge in [0.25, 0.3) is 0 Å². The van der Waals surface area contributed by atoms with Gasteiger partial charge in [0.1, 0.15) is 0 Å². The summed E-state index contributed by atoms with van der Waals surface area (Å²) in [5.41, 5.74) is 0.814. The Labute approximate surface area is 153 Å². The van der Waals surface area contributed by atoms with Crippen LogP contribution in [0.25, 0.3) is 0 Å². The van der Waals surface area contributed by atoms with Crippen molar-refractivity contribution in [2.75, 3.05) is 18.4 Å². The van der Waals surface area contributed by atoms with E-state index in [-0.39, 0.29) is 11.4 Å². The number of amides is 1. The first kappa shape index (κ1) is 19.6. The van der Waals surface area contributed by atoms with Gasteiger partial charge >= 0.3 is 0 Å². The van der Waals surface area contributed by atoms with Crippen LogP contribution < -0.4 is 5.32 Å². The van der Waals surface area contributed by atoms with E-state index in [9.17, 15) is 13.2 Å². The second-order valence-electron chi connectivity index (χ2n) is 6.18. The number of nitrogens with zero attached hydrogens (tertiary/aromatic N) is 2. The molecule has 0 unspecified atom stereocenters. The third-order valence-electron chi connectivity index (χ3n) is 3.52. The van der Waals surface area contributed by atoms with Gasteiger partial charge in [0.05, 0.1) is 17.1 Å². The van der Waals surface area contributed by atoms with Crippen molar-refractivity contribution in [3.05, 3.63) is 41.4 Å². The van der Waals surface area contributed by atoms with Crippen LogP contribution in [0.2, 0.25) is 0 Å². The van der Waals surface area contributed by atoms with Crippen LogP contribution in [0.3, 0.4) is 0 Å². The Kier molecular flexibility index (Phi) is 6.69. The molecule has 0 spiro atoms. The first-order valence-corrected chi connectivity index (χ1v) is 10.4. The number of anilines is 1. The van der Waals surface area contributed by atoms with E-state index in [1.165, 1.54) is 15.6 Å². The number of hydrogen-bond donors (Lipinski definition) is 1. The molecule has 6 nitrogen and oxygen atoms in total. The SMILES string of the molecule is Cc1csc(NC(=O)CN(CCC(C)C)S(=O)(=O)c2ccccc2)n1. The standard InChI is InChI=1S/C17H23N3O3S2/c1-13(2)9-10-20(25(22,23)15-7-5-4-6-8-15)11-16(21)19-17-18-14(3)12-24-17/h4-8,12-13H,9-11H2,1-3H3,(H,18,19,21). The summed E-state index contributed by atoms with van der Waals surface area (Å²) in [4.78, 5) is 16.7. The van der Waals surface area contributed by atoms with Gasteiger partial charge in [0.15, 0.2) is 5.13 Å². The zero-order valence-corrected chi connectivity index (χ0v) is 16.2. The first-order valence-electron chi connectivity index (χ1n) is 8.06. The molecule has 0 bridgehead atoms. The quantitative estimate of drug-likeness (QED) is 0.762. The summed E-state index contributed by atoms with van der Waals surface area (Å²) in [5, 5.41) is 4.97. The summed E-state index contributed by atoms with van der Waals surface area (Å²) in [6, 6.07) is 8.19. The second kappa shape index (κ2) is 8.55. The molecule has 1 aromatic heterocycles. The molecule has 0 fully saturated rings. The summed E-state index contributed by atoms with van der Waals surface area (Å²) in [6.07, 6.45) is 0.676. The predicted octanol–water partition coefficient (Wildman–Crippen LogP) is 3.13. The zero-order chi connectivity index (χ0) is 18.4. The van der Waals surface area contributed by atoms with Gasteiger partial charge in [-0.1, -0.05) is 32.0 Å². The van der Waals surface area contributed by atoms with Gasteiger partial charge in [-0.25, -0.2) is 13.4 Å². The first-order chi connectivity index (χ1) is 11.8. The van der Waals surface area contributed by atoms with E-state index in [4.69, 9.17) is 0 Å². The molecular weight excluding hydrogens is 358 g/mol. The van der Waals surface area contributed by atoms with Crippen LogP contribution in [0.5, 0.6) is 0 Å². The van der Waals surface area contributed by atoms with Gasteiger partial charge in [0.2, 0.25) is 15.9 Å². The molecule has 1 heterocycles. The molecule has 25 heavy (non-hydrogen) atoms. The summed E-state index contributed by atoms with van der Waals surface area (Å²) in [5.74, 6) is -0.0595. The van der Waals surface area contributed by atoms with Gasteiger partial charge in [-0.3, -0.25) is 4.79 Å². The molecule has 0 saturated heterocycles. The fraction of sp³-hybridized carbons (Fsp3) is 0.412. The molecule has 0 saturated carbocycles. The Balaban J connectivity index is 2.16. The number of nitrogens with one attached hydrogen (secondary N) is 1. The second-order valence-corrected chi connectivity index (χ2v) is 8.97. The predicted molar refractivity (Wildman–Crippen MR) is 100 cm³/mol. The number of rotatable bonds is 8. The Morgan fingerprint density at radius 3 is 2.52 bits per heavy atom. The number of carbonyl (C=O) groups is 1. The number of sulfonamides is 1. The molecule has 0 radical (unpaired) electrons. The van der Waals surface area contributed by atoms with Crippen LogP contribution in [-0.4, -0.2) is 36.7 Å². The van der Waals surface area contributed by atoms with Gasteiger partial charge in [0, 0.05) is 11.9 Å². The Hall–Kier alpha value is -1.77. The van der Waals surface area contributed by atoms with Crippen molar-refractivity contribution < 1.29 is 13.2 Å². The lowest BCUT2D eigenvalue weighted by Gasteiger charge is -2.22. The van der Waals surface area contributed by atoms with E-state index in [1.54, 1.807) is 30.3 Å². The van der Waals surface area contributed by atoms with Crippen molar-refractivity contribution in [2.45, 2.75) is 32.1 Å².